The zero-order valence-electron chi connectivity index (χ0n) is 8.24. The summed E-state index contributed by atoms with van der Waals surface area (Å²) in [7, 11) is 0. The molecule has 0 aromatic carbocycles. The van der Waals surface area contributed by atoms with Gasteiger partial charge in [0.2, 0.25) is 5.54 Å². The summed E-state index contributed by atoms with van der Waals surface area (Å²) in [6.45, 7) is 0. The molecular formula is C10H16N2O2. The molecule has 0 heterocycles. The van der Waals surface area contributed by atoms with Crippen LogP contribution in [0.2, 0.25) is 0 Å². The second-order valence-electron chi connectivity index (χ2n) is 5.80. The van der Waals surface area contributed by atoms with Crippen LogP contribution in [-0.2, 0) is 0 Å². The fraction of sp³-hybridized carbons (Fsp3) is 1.00. The average molecular weight is 196 g/mol. The Morgan fingerprint density at radius 2 is 1.79 bits per heavy atom. The van der Waals surface area contributed by atoms with Gasteiger partial charge in [0.05, 0.1) is 0 Å². The minimum atomic E-state index is -0.640. The minimum absolute atomic E-state index is 0.0356. The quantitative estimate of drug-likeness (QED) is 0.508. The molecule has 4 rings (SSSR count). The van der Waals surface area contributed by atoms with Gasteiger partial charge in [-0.25, -0.2) is 0 Å². The Morgan fingerprint density at radius 1 is 1.21 bits per heavy atom. The molecule has 0 amide bonds. The standard InChI is InChI=1S/C10H16N2O2/c11-9-2-7-1-8(3-9)5-10(4-7,6-9)12(13)14/h7-8H,1-6,11H2/t7-,8-,9?,10?/m0/s1. The summed E-state index contributed by atoms with van der Waals surface area (Å²) < 4.78 is 0. The van der Waals surface area contributed by atoms with Crippen LogP contribution >= 0.6 is 0 Å². The van der Waals surface area contributed by atoms with E-state index in [1.165, 1.54) is 6.42 Å². The van der Waals surface area contributed by atoms with E-state index in [0.717, 1.165) is 25.7 Å². The number of nitro groups is 1. The number of hydrogen-bond donors (Lipinski definition) is 1. The summed E-state index contributed by atoms with van der Waals surface area (Å²) >= 11 is 0. The van der Waals surface area contributed by atoms with E-state index in [4.69, 9.17) is 5.73 Å². The van der Waals surface area contributed by atoms with Crippen LogP contribution in [0, 0.1) is 22.0 Å². The fourth-order valence-corrected chi connectivity index (χ4v) is 4.50. The molecule has 4 heteroatoms. The van der Waals surface area contributed by atoms with Gasteiger partial charge in [0.1, 0.15) is 0 Å². The summed E-state index contributed by atoms with van der Waals surface area (Å²) in [6.07, 6.45) is 5.44. The number of nitrogens with zero attached hydrogens (tertiary/aromatic N) is 1. The molecule has 4 aliphatic rings. The van der Waals surface area contributed by atoms with Gasteiger partial charge in [-0.1, -0.05) is 0 Å². The van der Waals surface area contributed by atoms with Gasteiger partial charge in [-0.15, -0.1) is 0 Å². The first-order valence-corrected chi connectivity index (χ1v) is 5.45. The number of hydrogen-bond acceptors (Lipinski definition) is 3. The summed E-state index contributed by atoms with van der Waals surface area (Å²) in [4.78, 5) is 11.1. The van der Waals surface area contributed by atoms with Crippen LogP contribution in [0.1, 0.15) is 38.5 Å². The molecule has 2 atom stereocenters. The first-order valence-electron chi connectivity index (χ1n) is 5.45. The maximum atomic E-state index is 11.1. The van der Waals surface area contributed by atoms with Crippen molar-refractivity contribution in [3.8, 4) is 0 Å². The molecule has 0 aromatic heterocycles. The molecule has 4 bridgehead atoms. The lowest BCUT2D eigenvalue weighted by Gasteiger charge is -2.56. The maximum Gasteiger partial charge on any atom is 0.224 e. The lowest BCUT2D eigenvalue weighted by molar-refractivity contribution is -0.589. The van der Waals surface area contributed by atoms with Gasteiger partial charge >= 0.3 is 0 Å². The molecule has 78 valence electrons. The van der Waals surface area contributed by atoms with Gasteiger partial charge in [0, 0.05) is 29.7 Å². The SMILES string of the molecule is NC12C[C@@H]3C[C@@H](C1)CC([N+](=O)[O-])(C3)C2. The van der Waals surface area contributed by atoms with Gasteiger partial charge in [-0.05, 0) is 31.1 Å². The van der Waals surface area contributed by atoms with Gasteiger partial charge in [-0.2, -0.15) is 0 Å². The monoisotopic (exact) mass is 196 g/mol. The Kier molecular flexibility index (Phi) is 1.42. The van der Waals surface area contributed by atoms with E-state index in [-0.39, 0.29) is 10.5 Å². The smallest absolute Gasteiger partial charge is 0.224 e. The van der Waals surface area contributed by atoms with Crippen molar-refractivity contribution in [1.82, 2.24) is 0 Å². The molecule has 0 unspecified atom stereocenters. The van der Waals surface area contributed by atoms with E-state index in [9.17, 15) is 10.1 Å². The van der Waals surface area contributed by atoms with Crippen LogP contribution in [0.3, 0.4) is 0 Å². The van der Waals surface area contributed by atoms with Crippen molar-refractivity contribution in [2.75, 3.05) is 0 Å². The molecule has 0 aromatic rings. The Morgan fingerprint density at radius 3 is 2.21 bits per heavy atom. The van der Waals surface area contributed by atoms with E-state index < -0.39 is 5.54 Å². The third kappa shape index (κ3) is 0.975. The zero-order chi connectivity index (χ0) is 9.97. The molecule has 4 saturated carbocycles. The molecular weight excluding hydrogens is 180 g/mol. The third-order valence-corrected chi connectivity index (χ3v) is 4.46. The van der Waals surface area contributed by atoms with Crippen LogP contribution in [0.4, 0.5) is 0 Å². The molecule has 0 saturated heterocycles. The summed E-state index contributed by atoms with van der Waals surface area (Å²) in [5, 5.41) is 11.1. The second-order valence-corrected chi connectivity index (χ2v) is 5.80. The van der Waals surface area contributed by atoms with Crippen molar-refractivity contribution in [3.63, 3.8) is 0 Å². The van der Waals surface area contributed by atoms with E-state index >= 15 is 0 Å². The van der Waals surface area contributed by atoms with Crippen molar-refractivity contribution < 1.29 is 4.92 Å². The van der Waals surface area contributed by atoms with Crippen molar-refractivity contribution in [2.24, 2.45) is 17.6 Å². The zero-order valence-corrected chi connectivity index (χ0v) is 8.24. The number of rotatable bonds is 1. The van der Waals surface area contributed by atoms with Crippen LogP contribution in [0.15, 0.2) is 0 Å². The van der Waals surface area contributed by atoms with Crippen molar-refractivity contribution in [3.05, 3.63) is 10.1 Å². The van der Waals surface area contributed by atoms with Crippen LogP contribution in [0.5, 0.6) is 0 Å². The molecule has 4 nitrogen and oxygen atoms in total. The molecule has 4 aliphatic carbocycles. The Balaban J connectivity index is 2.00. The lowest BCUT2D eigenvalue weighted by Crippen LogP contribution is -2.65. The van der Waals surface area contributed by atoms with E-state index in [2.05, 4.69) is 0 Å². The van der Waals surface area contributed by atoms with Crippen LogP contribution < -0.4 is 5.73 Å². The van der Waals surface area contributed by atoms with Gasteiger partial charge < -0.3 is 5.73 Å². The highest BCUT2D eigenvalue weighted by atomic mass is 16.6. The molecule has 4 fully saturated rings. The average Bonchev–Trinajstić information content (AvgIpc) is 1.98. The Labute approximate surface area is 83.0 Å². The lowest BCUT2D eigenvalue weighted by atomic mass is 9.50. The predicted molar refractivity (Wildman–Crippen MR) is 51.3 cm³/mol. The van der Waals surface area contributed by atoms with Crippen LogP contribution in [-0.4, -0.2) is 16.0 Å². The Bertz CT molecular complexity index is 288. The molecule has 14 heavy (non-hydrogen) atoms. The molecule has 0 spiro atoms. The highest BCUT2D eigenvalue weighted by Gasteiger charge is 2.62. The highest BCUT2D eigenvalue weighted by Crippen LogP contribution is 2.57. The van der Waals surface area contributed by atoms with Gasteiger partial charge in [0.15, 0.2) is 0 Å². The van der Waals surface area contributed by atoms with Crippen molar-refractivity contribution in [2.45, 2.75) is 49.6 Å². The largest absolute Gasteiger partial charge is 0.325 e. The van der Waals surface area contributed by atoms with Crippen molar-refractivity contribution in [1.29, 1.82) is 0 Å². The second kappa shape index (κ2) is 2.30. The van der Waals surface area contributed by atoms with Crippen LogP contribution in [0.25, 0.3) is 0 Å². The summed E-state index contributed by atoms with van der Waals surface area (Å²) in [6, 6.07) is 0. The van der Waals surface area contributed by atoms with Gasteiger partial charge in [-0.3, -0.25) is 10.1 Å². The third-order valence-electron chi connectivity index (χ3n) is 4.46. The number of nitrogens with two attached hydrogens (primary N) is 1. The topological polar surface area (TPSA) is 69.2 Å². The van der Waals surface area contributed by atoms with Gasteiger partial charge in [0.25, 0.3) is 0 Å². The minimum Gasteiger partial charge on any atom is -0.325 e. The normalized spacial score (nSPS) is 54.9. The summed E-state index contributed by atoms with van der Waals surface area (Å²) in [5.41, 5.74) is 5.40. The molecule has 0 radical (unpaired) electrons. The highest BCUT2D eigenvalue weighted by molar-refractivity contribution is 5.11. The first-order chi connectivity index (χ1) is 6.51. The Hall–Kier alpha value is -0.640. The maximum absolute atomic E-state index is 11.1. The van der Waals surface area contributed by atoms with E-state index in [1.807, 2.05) is 0 Å². The predicted octanol–water partition coefficient (Wildman–Crippen LogP) is 1.31. The fourth-order valence-electron chi connectivity index (χ4n) is 4.50. The molecule has 2 N–H and O–H groups in total. The van der Waals surface area contributed by atoms with E-state index in [0.29, 0.717) is 18.3 Å². The van der Waals surface area contributed by atoms with Crippen molar-refractivity contribution >= 4 is 0 Å². The molecule has 0 aliphatic heterocycles. The first kappa shape index (κ1) is 8.65. The summed E-state index contributed by atoms with van der Waals surface area (Å²) in [5.74, 6) is 1.07. The van der Waals surface area contributed by atoms with E-state index in [1.54, 1.807) is 0 Å².